The van der Waals surface area contributed by atoms with Crippen molar-refractivity contribution in [3.63, 3.8) is 0 Å². The minimum Gasteiger partial charge on any atom is -0.331 e. The van der Waals surface area contributed by atoms with Gasteiger partial charge in [0.15, 0.2) is 0 Å². The van der Waals surface area contributed by atoms with Gasteiger partial charge in [0.05, 0.1) is 0 Å². The quantitative estimate of drug-likeness (QED) is 0.907. The van der Waals surface area contributed by atoms with Crippen LogP contribution in [0.2, 0.25) is 0 Å². The third kappa shape index (κ3) is 2.70. The van der Waals surface area contributed by atoms with Gasteiger partial charge in [-0.2, -0.15) is 13.2 Å². The summed E-state index contributed by atoms with van der Waals surface area (Å²) in [6.45, 7) is 1.64. The van der Waals surface area contributed by atoms with Crippen molar-refractivity contribution in [1.29, 1.82) is 0 Å². The molecule has 0 aliphatic carbocycles. The summed E-state index contributed by atoms with van der Waals surface area (Å²) in [7, 11) is 0. The van der Waals surface area contributed by atoms with Crippen molar-refractivity contribution in [2.24, 2.45) is 4.99 Å². The van der Waals surface area contributed by atoms with Crippen molar-refractivity contribution < 1.29 is 18.0 Å². The Morgan fingerprint density at radius 3 is 2.42 bits per heavy atom. The van der Waals surface area contributed by atoms with Crippen LogP contribution in [0.15, 0.2) is 53.5 Å². The van der Waals surface area contributed by atoms with Crippen molar-refractivity contribution in [2.45, 2.75) is 18.8 Å². The largest absolute Gasteiger partial charge is 0.442 e. The summed E-state index contributed by atoms with van der Waals surface area (Å²) in [5.74, 6) is -1.52. The number of benzene rings is 1. The standard InChI is InChI=1S/C16H13F3N4O/c1-10-6-5-9-12(20-10)22-15(16(17,18)19)14(24)21-13(23-15)11-7-3-2-4-8-11/h2-9H,1H3,(H,20,22)(H,21,23,24)/t15-/m1/s1. The highest BCUT2D eigenvalue weighted by atomic mass is 19.4. The van der Waals surface area contributed by atoms with Gasteiger partial charge < -0.3 is 10.6 Å². The number of aryl methyl sites for hydroxylation is 1. The molecule has 5 nitrogen and oxygen atoms in total. The number of halogens is 3. The van der Waals surface area contributed by atoms with E-state index in [0.29, 0.717) is 11.3 Å². The van der Waals surface area contributed by atoms with E-state index in [1.165, 1.54) is 6.07 Å². The average molecular weight is 334 g/mol. The first kappa shape index (κ1) is 16.0. The monoisotopic (exact) mass is 334 g/mol. The average Bonchev–Trinajstić information content (AvgIpc) is 2.86. The maximum Gasteiger partial charge on any atom is 0.442 e. The molecule has 0 saturated carbocycles. The van der Waals surface area contributed by atoms with E-state index in [1.807, 2.05) is 0 Å². The van der Waals surface area contributed by atoms with Gasteiger partial charge in [-0.3, -0.25) is 4.79 Å². The van der Waals surface area contributed by atoms with Crippen molar-refractivity contribution in [1.82, 2.24) is 10.3 Å². The van der Waals surface area contributed by atoms with Gasteiger partial charge in [-0.05, 0) is 19.1 Å². The third-order valence-electron chi connectivity index (χ3n) is 3.49. The van der Waals surface area contributed by atoms with Gasteiger partial charge >= 0.3 is 11.8 Å². The summed E-state index contributed by atoms with van der Waals surface area (Å²) in [5.41, 5.74) is -2.21. The van der Waals surface area contributed by atoms with Crippen LogP contribution in [0.3, 0.4) is 0 Å². The molecule has 0 radical (unpaired) electrons. The molecule has 1 aromatic carbocycles. The Balaban J connectivity index is 2.06. The second kappa shape index (κ2) is 5.63. The molecule has 2 aromatic rings. The highest BCUT2D eigenvalue weighted by Crippen LogP contribution is 2.37. The Morgan fingerprint density at radius 2 is 1.79 bits per heavy atom. The lowest BCUT2D eigenvalue weighted by molar-refractivity contribution is -0.181. The molecule has 3 rings (SSSR count). The lowest BCUT2D eigenvalue weighted by atomic mass is 10.1. The first-order valence-corrected chi connectivity index (χ1v) is 7.07. The van der Waals surface area contributed by atoms with Crippen LogP contribution in [0.25, 0.3) is 0 Å². The molecular formula is C16H13F3N4O. The molecular weight excluding hydrogens is 321 g/mol. The number of pyridine rings is 1. The number of rotatable bonds is 3. The fourth-order valence-corrected chi connectivity index (χ4v) is 2.32. The second-order valence-electron chi connectivity index (χ2n) is 5.28. The van der Waals surface area contributed by atoms with Crippen LogP contribution >= 0.6 is 0 Å². The van der Waals surface area contributed by atoms with Crippen LogP contribution in [-0.4, -0.2) is 28.6 Å². The predicted octanol–water partition coefficient (Wildman–Crippen LogP) is 2.64. The normalized spacial score (nSPS) is 20.5. The topological polar surface area (TPSA) is 66.4 Å². The van der Waals surface area contributed by atoms with Crippen molar-refractivity contribution >= 4 is 17.6 Å². The van der Waals surface area contributed by atoms with Gasteiger partial charge in [0.2, 0.25) is 0 Å². The number of amidine groups is 1. The first-order chi connectivity index (χ1) is 11.3. The maximum absolute atomic E-state index is 13.7. The Hall–Kier alpha value is -2.90. The van der Waals surface area contributed by atoms with E-state index < -0.39 is 17.7 Å². The van der Waals surface area contributed by atoms with Crippen LogP contribution in [-0.2, 0) is 4.79 Å². The van der Waals surface area contributed by atoms with E-state index in [1.54, 1.807) is 49.4 Å². The summed E-state index contributed by atoms with van der Waals surface area (Å²) in [6.07, 6.45) is -4.95. The molecule has 0 fully saturated rings. The fraction of sp³-hybridized carbons (Fsp3) is 0.188. The smallest absolute Gasteiger partial charge is 0.331 e. The Bertz CT molecular complexity index is 804. The highest BCUT2D eigenvalue weighted by molar-refractivity contribution is 6.16. The molecule has 0 saturated heterocycles. The molecule has 1 aliphatic heterocycles. The number of carbonyl (C=O) groups is 1. The number of nitrogens with one attached hydrogen (secondary N) is 2. The van der Waals surface area contributed by atoms with E-state index in [9.17, 15) is 18.0 Å². The summed E-state index contributed by atoms with van der Waals surface area (Å²) in [6, 6.07) is 12.7. The van der Waals surface area contributed by atoms with Gasteiger partial charge in [0, 0.05) is 11.3 Å². The molecule has 0 unspecified atom stereocenters. The van der Waals surface area contributed by atoms with E-state index >= 15 is 0 Å². The second-order valence-corrected chi connectivity index (χ2v) is 5.28. The van der Waals surface area contributed by atoms with E-state index in [2.05, 4.69) is 20.6 Å². The molecule has 1 aliphatic rings. The summed E-state index contributed by atoms with van der Waals surface area (Å²) >= 11 is 0. The summed E-state index contributed by atoms with van der Waals surface area (Å²) in [5, 5.41) is 4.35. The van der Waals surface area contributed by atoms with Crippen LogP contribution in [0.1, 0.15) is 11.3 Å². The number of carbonyl (C=O) groups excluding carboxylic acids is 1. The number of nitrogens with zero attached hydrogens (tertiary/aromatic N) is 2. The molecule has 8 heteroatoms. The van der Waals surface area contributed by atoms with Crippen molar-refractivity contribution in [3.05, 3.63) is 59.8 Å². The molecule has 1 aromatic heterocycles. The number of aliphatic imine (C=N–C) groups is 1. The molecule has 1 amide bonds. The lowest BCUT2D eigenvalue weighted by Crippen LogP contribution is -2.57. The van der Waals surface area contributed by atoms with Gasteiger partial charge in [0.1, 0.15) is 11.7 Å². The van der Waals surface area contributed by atoms with Crippen LogP contribution in [0.5, 0.6) is 0 Å². The van der Waals surface area contributed by atoms with E-state index in [0.717, 1.165) is 0 Å². The van der Waals surface area contributed by atoms with E-state index in [-0.39, 0.29) is 11.7 Å². The Kier molecular flexibility index (Phi) is 3.75. The zero-order valence-corrected chi connectivity index (χ0v) is 12.6. The van der Waals surface area contributed by atoms with E-state index in [4.69, 9.17) is 0 Å². The number of aromatic nitrogens is 1. The Labute approximate surface area is 135 Å². The zero-order valence-electron chi connectivity index (χ0n) is 12.6. The molecule has 2 heterocycles. The van der Waals surface area contributed by atoms with Gasteiger partial charge in [-0.1, -0.05) is 36.4 Å². The minimum absolute atomic E-state index is 0.0828. The van der Waals surface area contributed by atoms with Crippen LogP contribution in [0, 0.1) is 6.92 Å². The minimum atomic E-state index is -4.95. The Morgan fingerprint density at radius 1 is 1.08 bits per heavy atom. The molecule has 0 bridgehead atoms. The number of hydrogen-bond donors (Lipinski definition) is 2. The van der Waals surface area contributed by atoms with Crippen molar-refractivity contribution in [3.8, 4) is 0 Å². The number of hydrogen-bond acceptors (Lipinski definition) is 4. The highest BCUT2D eigenvalue weighted by Gasteiger charge is 2.64. The molecule has 124 valence electrons. The summed E-state index contributed by atoms with van der Waals surface area (Å²) < 4.78 is 41.1. The van der Waals surface area contributed by atoms with Gasteiger partial charge in [-0.25, -0.2) is 9.98 Å². The number of anilines is 1. The van der Waals surface area contributed by atoms with Crippen molar-refractivity contribution in [2.75, 3.05) is 5.32 Å². The molecule has 2 N–H and O–H groups in total. The molecule has 0 spiro atoms. The van der Waals surface area contributed by atoms with Crippen LogP contribution in [0.4, 0.5) is 19.0 Å². The SMILES string of the molecule is Cc1cccc(N[C@@]2(C(F)(F)F)N=C(c3ccccc3)NC2=O)n1. The predicted molar refractivity (Wildman–Crippen MR) is 82.5 cm³/mol. The molecule has 1 atom stereocenters. The third-order valence-corrected chi connectivity index (χ3v) is 3.49. The van der Waals surface area contributed by atoms with Gasteiger partial charge in [-0.15, -0.1) is 0 Å². The van der Waals surface area contributed by atoms with Crippen LogP contribution < -0.4 is 10.6 Å². The fourth-order valence-electron chi connectivity index (χ4n) is 2.32. The zero-order chi connectivity index (χ0) is 17.4. The lowest BCUT2D eigenvalue weighted by Gasteiger charge is -2.27. The maximum atomic E-state index is 13.7. The first-order valence-electron chi connectivity index (χ1n) is 7.07. The number of amides is 1. The molecule has 24 heavy (non-hydrogen) atoms. The summed E-state index contributed by atoms with van der Waals surface area (Å²) in [4.78, 5) is 19.8. The number of alkyl halides is 3. The van der Waals surface area contributed by atoms with Gasteiger partial charge in [0.25, 0.3) is 5.91 Å².